The predicted molar refractivity (Wildman–Crippen MR) is 228 cm³/mol. The molecular formula is C52H41NS. The molecule has 2 heteroatoms. The highest BCUT2D eigenvalue weighted by Crippen LogP contribution is 2.69. The molecule has 0 aliphatic heterocycles. The summed E-state index contributed by atoms with van der Waals surface area (Å²) in [7, 11) is 0. The molecule has 4 bridgehead atoms. The topological polar surface area (TPSA) is 3.24 Å². The third-order valence-corrected chi connectivity index (χ3v) is 15.1. The molecule has 13 rings (SSSR count). The Hall–Kier alpha value is -5.44. The van der Waals surface area contributed by atoms with Crippen molar-refractivity contribution in [1.82, 2.24) is 0 Å². The van der Waals surface area contributed by atoms with Crippen LogP contribution < -0.4 is 4.90 Å². The number of rotatable bonds is 5. The molecule has 4 fully saturated rings. The van der Waals surface area contributed by atoms with E-state index in [1.807, 2.05) is 11.3 Å². The van der Waals surface area contributed by atoms with Crippen LogP contribution in [0.25, 0.3) is 53.6 Å². The number of fused-ring (bicyclic) bond motifs is 6. The van der Waals surface area contributed by atoms with Crippen LogP contribution in [0.1, 0.15) is 43.2 Å². The number of hydrogen-bond donors (Lipinski definition) is 0. The lowest BCUT2D eigenvalue weighted by molar-refractivity contribution is -0.0399. The Morgan fingerprint density at radius 2 is 1.00 bits per heavy atom. The quantitative estimate of drug-likeness (QED) is 0.172. The van der Waals surface area contributed by atoms with Gasteiger partial charge in [-0.1, -0.05) is 121 Å². The largest absolute Gasteiger partial charge is 0.310 e. The minimum absolute atomic E-state index is 0.176. The lowest BCUT2D eigenvalue weighted by atomic mass is 9.43. The minimum atomic E-state index is 0.176. The van der Waals surface area contributed by atoms with Gasteiger partial charge in [0.05, 0.1) is 0 Å². The highest BCUT2D eigenvalue weighted by atomic mass is 32.1. The van der Waals surface area contributed by atoms with Crippen LogP contribution in [0, 0.1) is 23.7 Å². The Bertz CT molecular complexity index is 2690. The summed E-state index contributed by atoms with van der Waals surface area (Å²) in [6.45, 7) is 0. The smallest absolute Gasteiger partial charge is 0.0468 e. The van der Waals surface area contributed by atoms with Crippen molar-refractivity contribution in [1.29, 1.82) is 0 Å². The van der Waals surface area contributed by atoms with Crippen LogP contribution >= 0.6 is 11.3 Å². The van der Waals surface area contributed by atoms with Gasteiger partial charge in [0, 0.05) is 42.6 Å². The Kier molecular flexibility index (Phi) is 6.75. The van der Waals surface area contributed by atoms with E-state index >= 15 is 0 Å². The molecule has 7 aromatic carbocycles. The first-order chi connectivity index (χ1) is 26.7. The fraction of sp³-hybridized carbons (Fsp3) is 0.192. The monoisotopic (exact) mass is 711 g/mol. The molecule has 0 atom stereocenters. The Balaban J connectivity index is 0.995. The van der Waals surface area contributed by atoms with Gasteiger partial charge in [0.15, 0.2) is 0 Å². The Labute approximate surface area is 321 Å². The predicted octanol–water partition coefficient (Wildman–Crippen LogP) is 14.6. The zero-order valence-corrected chi connectivity index (χ0v) is 31.1. The standard InChI is InChI=1S/C52H41NS/c1-2-9-35(10-3-1)36-17-21-40(22-18-36)53(41-23-19-37(20-24-41)43-13-8-14-46-45-12-5-7-16-50(45)54-51(43)46)42-25-26-49-47(32-42)44-11-4-6-15-48(44)52(49)38-28-33-27-34(30-38)31-39(52)29-33/h1-26,32-34,38-39H,27-31H2. The van der Waals surface area contributed by atoms with Crippen LogP contribution in [0.2, 0.25) is 0 Å². The summed E-state index contributed by atoms with van der Waals surface area (Å²) in [4.78, 5) is 2.48. The fourth-order valence-electron chi connectivity index (χ4n) is 11.9. The summed E-state index contributed by atoms with van der Waals surface area (Å²) in [5.41, 5.74) is 14.9. The van der Waals surface area contributed by atoms with Crippen molar-refractivity contribution >= 4 is 48.6 Å². The number of anilines is 3. The number of benzene rings is 7. The molecule has 8 aromatic rings. The number of nitrogens with zero attached hydrogens (tertiary/aromatic N) is 1. The first-order valence-corrected chi connectivity index (χ1v) is 20.7. The third kappa shape index (κ3) is 4.44. The van der Waals surface area contributed by atoms with Crippen molar-refractivity contribution in [3.63, 3.8) is 0 Å². The van der Waals surface area contributed by atoms with E-state index in [9.17, 15) is 0 Å². The molecule has 5 aliphatic rings. The van der Waals surface area contributed by atoms with Gasteiger partial charge in [-0.3, -0.25) is 0 Å². The summed E-state index contributed by atoms with van der Waals surface area (Å²) >= 11 is 1.90. The maximum Gasteiger partial charge on any atom is 0.0468 e. The van der Waals surface area contributed by atoms with Gasteiger partial charge >= 0.3 is 0 Å². The van der Waals surface area contributed by atoms with E-state index in [0.29, 0.717) is 0 Å². The lowest BCUT2D eigenvalue weighted by Gasteiger charge is -2.61. The van der Waals surface area contributed by atoms with Crippen molar-refractivity contribution in [3.05, 3.63) is 175 Å². The number of hydrogen-bond acceptors (Lipinski definition) is 2. The highest BCUT2D eigenvalue weighted by Gasteiger charge is 2.61. The summed E-state index contributed by atoms with van der Waals surface area (Å²) < 4.78 is 2.70. The van der Waals surface area contributed by atoms with Crippen molar-refractivity contribution in [3.8, 4) is 33.4 Å². The van der Waals surface area contributed by atoms with Gasteiger partial charge in [-0.25, -0.2) is 0 Å². The number of thiophene rings is 1. The van der Waals surface area contributed by atoms with E-state index in [1.165, 1.54) is 103 Å². The molecule has 0 radical (unpaired) electrons. The molecule has 1 nitrogen and oxygen atoms in total. The van der Waals surface area contributed by atoms with Gasteiger partial charge in [-0.05, 0) is 143 Å². The van der Waals surface area contributed by atoms with Crippen LogP contribution in [0.4, 0.5) is 17.1 Å². The van der Waals surface area contributed by atoms with Crippen LogP contribution in [0.15, 0.2) is 164 Å². The molecular weight excluding hydrogens is 671 g/mol. The maximum atomic E-state index is 2.55. The SMILES string of the molecule is c1ccc(-c2ccc(N(c3ccc(-c4cccc5c4sc4ccccc45)cc3)c3ccc4c(c3)-c3ccccc3C43C4CC5CC(C4)CC3C5)cc2)cc1. The molecule has 1 heterocycles. The van der Waals surface area contributed by atoms with Gasteiger partial charge < -0.3 is 4.90 Å². The Morgan fingerprint density at radius 3 is 1.76 bits per heavy atom. The van der Waals surface area contributed by atoms with E-state index in [2.05, 4.69) is 169 Å². The molecule has 54 heavy (non-hydrogen) atoms. The van der Waals surface area contributed by atoms with Gasteiger partial charge in [0.1, 0.15) is 0 Å². The van der Waals surface area contributed by atoms with Crippen molar-refractivity contribution in [2.75, 3.05) is 4.90 Å². The molecule has 260 valence electrons. The molecule has 4 saturated carbocycles. The van der Waals surface area contributed by atoms with Crippen LogP contribution in [0.5, 0.6) is 0 Å². The average molecular weight is 712 g/mol. The van der Waals surface area contributed by atoms with Crippen molar-refractivity contribution in [2.24, 2.45) is 23.7 Å². The minimum Gasteiger partial charge on any atom is -0.310 e. The first-order valence-electron chi connectivity index (χ1n) is 19.9. The second-order valence-electron chi connectivity index (χ2n) is 16.5. The summed E-state index contributed by atoms with van der Waals surface area (Å²) in [5, 5.41) is 2.68. The van der Waals surface area contributed by atoms with Crippen molar-refractivity contribution < 1.29 is 0 Å². The van der Waals surface area contributed by atoms with Gasteiger partial charge in [0.25, 0.3) is 0 Å². The first kappa shape index (κ1) is 31.0. The molecule has 0 saturated heterocycles. The fourth-order valence-corrected chi connectivity index (χ4v) is 13.2. The van der Waals surface area contributed by atoms with E-state index in [1.54, 1.807) is 11.1 Å². The summed E-state index contributed by atoms with van der Waals surface area (Å²) in [5.74, 6) is 3.41. The normalized spacial score (nSPS) is 23.3. The van der Waals surface area contributed by atoms with Gasteiger partial charge in [-0.15, -0.1) is 11.3 Å². The molecule has 0 N–H and O–H groups in total. The average Bonchev–Trinajstić information content (AvgIpc) is 3.75. The molecule has 1 aromatic heterocycles. The van der Waals surface area contributed by atoms with Gasteiger partial charge in [-0.2, -0.15) is 0 Å². The van der Waals surface area contributed by atoms with E-state index < -0.39 is 0 Å². The van der Waals surface area contributed by atoms with Gasteiger partial charge in [0.2, 0.25) is 0 Å². The summed E-state index contributed by atoms with van der Waals surface area (Å²) in [6.07, 6.45) is 7.11. The maximum absolute atomic E-state index is 2.55. The van der Waals surface area contributed by atoms with Crippen molar-refractivity contribution in [2.45, 2.75) is 37.5 Å². The molecule has 1 spiro atoms. The van der Waals surface area contributed by atoms with E-state index in [4.69, 9.17) is 0 Å². The zero-order chi connectivity index (χ0) is 35.4. The second kappa shape index (κ2) is 11.8. The Morgan fingerprint density at radius 1 is 0.426 bits per heavy atom. The summed E-state index contributed by atoms with van der Waals surface area (Å²) in [6, 6.07) is 61.7. The molecule has 0 amide bonds. The van der Waals surface area contributed by atoms with Crippen LogP contribution in [0.3, 0.4) is 0 Å². The molecule has 0 unspecified atom stereocenters. The van der Waals surface area contributed by atoms with Crippen LogP contribution in [-0.2, 0) is 5.41 Å². The highest BCUT2D eigenvalue weighted by molar-refractivity contribution is 7.26. The van der Waals surface area contributed by atoms with E-state index in [-0.39, 0.29) is 5.41 Å². The lowest BCUT2D eigenvalue weighted by Crippen LogP contribution is -2.55. The van der Waals surface area contributed by atoms with E-state index in [0.717, 1.165) is 23.7 Å². The third-order valence-electron chi connectivity index (χ3n) is 13.9. The van der Waals surface area contributed by atoms with Crippen LogP contribution in [-0.4, -0.2) is 0 Å². The zero-order valence-electron chi connectivity index (χ0n) is 30.3. The molecule has 5 aliphatic carbocycles. The second-order valence-corrected chi connectivity index (χ2v) is 17.6.